The van der Waals surface area contributed by atoms with Crippen LogP contribution in [0.25, 0.3) is 0 Å². The summed E-state index contributed by atoms with van der Waals surface area (Å²) in [6.07, 6.45) is 3.18. The minimum Gasteiger partial charge on any atom is -0.478 e. The maximum Gasteiger partial charge on any atom is 0.335 e. The number of carboxylic acid groups (broad SMARTS) is 1. The standard InChI is InChI=1S/C15H23NO2/c1-12(2)6-5-10-16-11-9-13-7-3-4-8-14(13)15(17)18/h3-4,7-8,12,16H,5-6,9-11H2,1-2H3,(H,17,18). The summed E-state index contributed by atoms with van der Waals surface area (Å²) in [6.45, 7) is 6.29. The van der Waals surface area contributed by atoms with E-state index < -0.39 is 5.97 Å². The molecule has 0 atom stereocenters. The van der Waals surface area contributed by atoms with Crippen molar-refractivity contribution in [3.63, 3.8) is 0 Å². The summed E-state index contributed by atoms with van der Waals surface area (Å²) < 4.78 is 0. The van der Waals surface area contributed by atoms with Crippen molar-refractivity contribution in [1.29, 1.82) is 0 Å². The van der Waals surface area contributed by atoms with Gasteiger partial charge in [0.15, 0.2) is 0 Å². The number of carbonyl (C=O) groups is 1. The van der Waals surface area contributed by atoms with Gasteiger partial charge in [-0.05, 0) is 49.9 Å². The first-order valence-corrected chi connectivity index (χ1v) is 6.63. The first-order chi connectivity index (χ1) is 8.61. The molecule has 3 nitrogen and oxygen atoms in total. The van der Waals surface area contributed by atoms with E-state index in [9.17, 15) is 4.79 Å². The fourth-order valence-electron chi connectivity index (χ4n) is 1.93. The summed E-state index contributed by atoms with van der Waals surface area (Å²) in [4.78, 5) is 11.0. The number of aromatic carboxylic acids is 1. The lowest BCUT2D eigenvalue weighted by atomic mass is 10.0. The molecule has 0 fully saturated rings. The van der Waals surface area contributed by atoms with E-state index >= 15 is 0 Å². The van der Waals surface area contributed by atoms with Crippen molar-refractivity contribution in [3.8, 4) is 0 Å². The van der Waals surface area contributed by atoms with Crippen LogP contribution in [-0.2, 0) is 6.42 Å². The molecule has 2 N–H and O–H groups in total. The molecule has 1 rings (SSSR count). The Morgan fingerprint density at radius 3 is 2.67 bits per heavy atom. The Labute approximate surface area is 109 Å². The molecule has 0 saturated carbocycles. The highest BCUT2D eigenvalue weighted by Gasteiger charge is 2.07. The van der Waals surface area contributed by atoms with Crippen molar-refractivity contribution in [2.75, 3.05) is 13.1 Å². The fourth-order valence-corrected chi connectivity index (χ4v) is 1.93. The lowest BCUT2D eigenvalue weighted by Gasteiger charge is -2.08. The SMILES string of the molecule is CC(C)CCCNCCc1ccccc1C(=O)O. The Kier molecular flexibility index (Phi) is 6.44. The van der Waals surface area contributed by atoms with E-state index in [1.165, 1.54) is 12.8 Å². The van der Waals surface area contributed by atoms with Crippen molar-refractivity contribution in [1.82, 2.24) is 5.32 Å². The predicted molar refractivity (Wildman–Crippen MR) is 74.0 cm³/mol. The first-order valence-electron chi connectivity index (χ1n) is 6.63. The van der Waals surface area contributed by atoms with E-state index in [0.717, 1.165) is 31.0 Å². The highest BCUT2D eigenvalue weighted by molar-refractivity contribution is 5.89. The summed E-state index contributed by atoms with van der Waals surface area (Å²) in [5.74, 6) is -0.0926. The van der Waals surface area contributed by atoms with Gasteiger partial charge in [-0.25, -0.2) is 4.79 Å². The van der Waals surface area contributed by atoms with Gasteiger partial charge in [0, 0.05) is 0 Å². The van der Waals surface area contributed by atoms with Crippen molar-refractivity contribution >= 4 is 5.97 Å². The third-order valence-corrected chi connectivity index (χ3v) is 2.95. The molecule has 0 aliphatic heterocycles. The number of nitrogens with one attached hydrogen (secondary N) is 1. The van der Waals surface area contributed by atoms with Gasteiger partial charge in [-0.2, -0.15) is 0 Å². The van der Waals surface area contributed by atoms with Gasteiger partial charge >= 0.3 is 5.97 Å². The molecule has 0 heterocycles. The minimum absolute atomic E-state index is 0.418. The average molecular weight is 249 g/mol. The molecule has 0 aliphatic rings. The monoisotopic (exact) mass is 249 g/mol. The third-order valence-electron chi connectivity index (χ3n) is 2.95. The molecular weight excluding hydrogens is 226 g/mol. The van der Waals surface area contributed by atoms with Crippen molar-refractivity contribution in [2.45, 2.75) is 33.1 Å². The van der Waals surface area contributed by atoms with Gasteiger partial charge in [0.2, 0.25) is 0 Å². The molecule has 0 amide bonds. The van der Waals surface area contributed by atoms with Crippen LogP contribution >= 0.6 is 0 Å². The topological polar surface area (TPSA) is 49.3 Å². The second kappa shape index (κ2) is 7.88. The van der Waals surface area contributed by atoms with E-state index in [-0.39, 0.29) is 0 Å². The van der Waals surface area contributed by atoms with Crippen LogP contribution in [-0.4, -0.2) is 24.2 Å². The van der Waals surface area contributed by atoms with E-state index in [1.807, 2.05) is 12.1 Å². The smallest absolute Gasteiger partial charge is 0.335 e. The van der Waals surface area contributed by atoms with E-state index in [4.69, 9.17) is 5.11 Å². The Bertz CT molecular complexity index is 375. The van der Waals surface area contributed by atoms with Crippen LogP contribution in [0.1, 0.15) is 42.6 Å². The summed E-state index contributed by atoms with van der Waals surface area (Å²) in [5, 5.41) is 12.4. The zero-order valence-corrected chi connectivity index (χ0v) is 11.3. The molecule has 0 saturated heterocycles. The zero-order chi connectivity index (χ0) is 13.4. The molecule has 1 aromatic rings. The molecule has 0 spiro atoms. The second-order valence-electron chi connectivity index (χ2n) is 5.00. The van der Waals surface area contributed by atoms with Gasteiger partial charge < -0.3 is 10.4 Å². The van der Waals surface area contributed by atoms with Crippen LogP contribution in [0.15, 0.2) is 24.3 Å². The van der Waals surface area contributed by atoms with Crippen LogP contribution in [0.5, 0.6) is 0 Å². The van der Waals surface area contributed by atoms with Gasteiger partial charge in [0.25, 0.3) is 0 Å². The van der Waals surface area contributed by atoms with Crippen LogP contribution in [0.3, 0.4) is 0 Å². The van der Waals surface area contributed by atoms with Gasteiger partial charge in [0.1, 0.15) is 0 Å². The van der Waals surface area contributed by atoms with Gasteiger partial charge in [0.05, 0.1) is 5.56 Å². The van der Waals surface area contributed by atoms with Crippen LogP contribution in [0.4, 0.5) is 0 Å². The number of hydrogen-bond acceptors (Lipinski definition) is 2. The number of hydrogen-bond donors (Lipinski definition) is 2. The van der Waals surface area contributed by atoms with E-state index in [1.54, 1.807) is 12.1 Å². The average Bonchev–Trinajstić information content (AvgIpc) is 2.33. The molecule has 0 bridgehead atoms. The van der Waals surface area contributed by atoms with E-state index in [2.05, 4.69) is 19.2 Å². The number of carboxylic acids is 1. The zero-order valence-electron chi connectivity index (χ0n) is 11.3. The van der Waals surface area contributed by atoms with Crippen molar-refractivity contribution in [2.24, 2.45) is 5.92 Å². The fraction of sp³-hybridized carbons (Fsp3) is 0.533. The molecule has 0 aromatic heterocycles. The quantitative estimate of drug-likeness (QED) is 0.696. The highest BCUT2D eigenvalue weighted by Crippen LogP contribution is 2.09. The van der Waals surface area contributed by atoms with Gasteiger partial charge in [-0.1, -0.05) is 32.0 Å². The lowest BCUT2D eigenvalue weighted by Crippen LogP contribution is -2.19. The molecule has 1 aromatic carbocycles. The normalized spacial score (nSPS) is 10.8. The highest BCUT2D eigenvalue weighted by atomic mass is 16.4. The number of benzene rings is 1. The van der Waals surface area contributed by atoms with Crippen LogP contribution in [0.2, 0.25) is 0 Å². The Hall–Kier alpha value is -1.35. The summed E-state index contributed by atoms with van der Waals surface area (Å²) in [7, 11) is 0. The van der Waals surface area contributed by atoms with Crippen LogP contribution in [0, 0.1) is 5.92 Å². The molecule has 3 heteroatoms. The van der Waals surface area contributed by atoms with Crippen LogP contribution < -0.4 is 5.32 Å². The summed E-state index contributed by atoms with van der Waals surface area (Å²) >= 11 is 0. The van der Waals surface area contributed by atoms with E-state index in [0.29, 0.717) is 5.56 Å². The maximum absolute atomic E-state index is 11.0. The second-order valence-corrected chi connectivity index (χ2v) is 5.00. The third kappa shape index (κ3) is 5.32. The van der Waals surface area contributed by atoms with Crippen molar-refractivity contribution < 1.29 is 9.90 Å². The van der Waals surface area contributed by atoms with Gasteiger partial charge in [-0.15, -0.1) is 0 Å². The number of rotatable bonds is 8. The molecule has 0 unspecified atom stereocenters. The summed E-state index contributed by atoms with van der Waals surface area (Å²) in [6, 6.07) is 7.21. The molecule has 100 valence electrons. The minimum atomic E-state index is -0.842. The molecule has 0 radical (unpaired) electrons. The first kappa shape index (κ1) is 14.7. The largest absolute Gasteiger partial charge is 0.478 e. The maximum atomic E-state index is 11.0. The Morgan fingerprint density at radius 2 is 2.00 bits per heavy atom. The molecule has 0 aliphatic carbocycles. The van der Waals surface area contributed by atoms with Crippen molar-refractivity contribution in [3.05, 3.63) is 35.4 Å². The van der Waals surface area contributed by atoms with Gasteiger partial charge in [-0.3, -0.25) is 0 Å². The predicted octanol–water partition coefficient (Wildman–Crippen LogP) is 2.95. The molecule has 18 heavy (non-hydrogen) atoms. The Morgan fingerprint density at radius 1 is 1.28 bits per heavy atom. The summed E-state index contributed by atoms with van der Waals surface area (Å²) in [5.41, 5.74) is 1.32. The lowest BCUT2D eigenvalue weighted by molar-refractivity contribution is 0.0695. The molecular formula is C15H23NO2. The Balaban J connectivity index is 2.29.